The molecule has 0 amide bonds. The maximum Gasteiger partial charge on any atom is 0.417 e. The van der Waals surface area contributed by atoms with Crippen molar-refractivity contribution < 1.29 is 26.3 Å². The van der Waals surface area contributed by atoms with Crippen molar-refractivity contribution in [1.29, 1.82) is 47.4 Å². The van der Waals surface area contributed by atoms with Crippen molar-refractivity contribution in [3.8, 4) is 122 Å². The summed E-state index contributed by atoms with van der Waals surface area (Å²) in [5.74, 6) is 0. The Labute approximate surface area is 495 Å². The van der Waals surface area contributed by atoms with Gasteiger partial charge in [0.1, 0.15) is 11.6 Å². The van der Waals surface area contributed by atoms with Crippen molar-refractivity contribution in [2.24, 2.45) is 0 Å². The number of hydrogen-bond donors (Lipinski definition) is 0. The molecule has 0 radical (unpaired) electrons. The second-order valence-corrected chi connectivity index (χ2v) is 20.4. The molecule has 2 heterocycles. The Morgan fingerprint density at radius 2 is 0.511 bits per heavy atom. The Bertz CT molecular complexity index is 4780. The average molecular weight is 1150 g/mol. The maximum absolute atomic E-state index is 15.7. The van der Waals surface area contributed by atoms with Gasteiger partial charge in [-0.15, -0.1) is 0 Å². The molecule has 10 aromatic carbocycles. The summed E-state index contributed by atoms with van der Waals surface area (Å²) in [4.78, 5) is 0. The zero-order valence-corrected chi connectivity index (χ0v) is 44.9. The molecule has 0 aliphatic carbocycles. The number of hydrogen-bond acceptors (Lipinski definition) is 9. The zero-order chi connectivity index (χ0) is 61.9. The van der Waals surface area contributed by atoms with Crippen LogP contribution in [-0.4, -0.2) is 9.13 Å². The molecule has 0 N–H and O–H groups in total. The van der Waals surface area contributed by atoms with Gasteiger partial charge < -0.3 is 9.13 Å². The second kappa shape index (κ2) is 21.2. The summed E-state index contributed by atoms with van der Waals surface area (Å²) in [6, 6.07) is 60.8. The van der Waals surface area contributed by atoms with Gasteiger partial charge in [0, 0.05) is 27.1 Å². The number of rotatable bonds is 7. The van der Waals surface area contributed by atoms with Crippen molar-refractivity contribution in [3.05, 3.63) is 237 Å². The predicted molar refractivity (Wildman–Crippen MR) is 315 cm³/mol. The lowest BCUT2D eigenvalue weighted by Crippen LogP contribution is -2.15. The zero-order valence-electron chi connectivity index (χ0n) is 44.9. The van der Waals surface area contributed by atoms with Crippen LogP contribution in [0.3, 0.4) is 0 Å². The molecule has 0 fully saturated rings. The fourth-order valence-electron chi connectivity index (χ4n) is 11.5. The Morgan fingerprint density at radius 3 is 0.727 bits per heavy atom. The fourth-order valence-corrected chi connectivity index (χ4v) is 11.5. The molecule has 0 atom stereocenters. The van der Waals surface area contributed by atoms with Crippen LogP contribution in [0.4, 0.5) is 26.3 Å². The number of fused-ring (bicyclic) bond motifs is 6. The van der Waals surface area contributed by atoms with Crippen LogP contribution in [0.5, 0.6) is 0 Å². The molecule has 0 unspecified atom stereocenters. The number of benzene rings is 10. The van der Waals surface area contributed by atoms with Crippen molar-refractivity contribution >= 4 is 43.6 Å². The first-order valence-corrected chi connectivity index (χ1v) is 26.3. The van der Waals surface area contributed by atoms with E-state index >= 15 is 26.3 Å². The van der Waals surface area contributed by atoms with E-state index in [0.29, 0.717) is 84.3 Å². The average Bonchev–Trinajstić information content (AvgIpc) is 2.04. The maximum atomic E-state index is 15.7. The quantitative estimate of drug-likeness (QED) is 0.138. The van der Waals surface area contributed by atoms with Crippen LogP contribution in [0, 0.1) is 102 Å². The highest BCUT2D eigenvalue weighted by atomic mass is 19.4. The summed E-state index contributed by atoms with van der Waals surface area (Å²) < 4.78 is 97.2. The van der Waals surface area contributed by atoms with Crippen molar-refractivity contribution in [2.45, 2.75) is 12.4 Å². The largest absolute Gasteiger partial charge is 0.417 e. The molecule has 11 nitrogen and oxygen atoms in total. The number of halogens is 6. The van der Waals surface area contributed by atoms with Crippen molar-refractivity contribution in [1.82, 2.24) is 9.13 Å². The molecule has 0 spiro atoms. The summed E-state index contributed by atoms with van der Waals surface area (Å²) in [6.07, 6.45) is -10.8. The normalized spacial score (nSPS) is 11.2. The first-order chi connectivity index (χ1) is 42.4. The highest BCUT2D eigenvalue weighted by molar-refractivity contribution is 6.13. The van der Waals surface area contributed by atoms with Crippen LogP contribution >= 0.6 is 0 Å². The molecule has 410 valence electrons. The Kier molecular flexibility index (Phi) is 13.3. The Morgan fingerprint density at radius 1 is 0.261 bits per heavy atom. The van der Waals surface area contributed by atoms with Crippen LogP contribution in [0.2, 0.25) is 0 Å². The van der Waals surface area contributed by atoms with Gasteiger partial charge in [0.05, 0.1) is 138 Å². The molecular weight excluding hydrogens is 1120 g/mol. The Hall–Kier alpha value is -13.2. The van der Waals surface area contributed by atoms with E-state index < -0.39 is 34.6 Å². The molecule has 2 aromatic heterocycles. The first-order valence-electron chi connectivity index (χ1n) is 26.3. The standard InChI is InChI=1S/C71H29F6N11/c72-70(73,74)61-2-1-3-62(71(75,76)77)69(61)55-28-67(87-63-24-47(51-16-39(30-78)12-40(17-51)31-79)4-8-56(63)57-9-5-48(25-64(57)87)52-18-41(32-80)13-42(19-52)33-81)60(38-86)68(29-55)88-65-26-49(53-20-43(34-82)14-44(21-53)35-83)6-10-58(65)59-11-7-50(27-66(59)88)54-22-45(36-84)15-46(23-54)37-85/h1-29H. The van der Waals surface area contributed by atoms with Gasteiger partial charge in [-0.1, -0.05) is 54.6 Å². The number of nitrogens with zero attached hydrogens (tertiary/aromatic N) is 11. The van der Waals surface area contributed by atoms with Gasteiger partial charge in [0.15, 0.2) is 0 Å². The molecule has 12 aromatic rings. The minimum Gasteiger partial charge on any atom is -0.308 e. The molecule has 0 saturated carbocycles. The molecule has 0 aliphatic heterocycles. The molecule has 17 heteroatoms. The van der Waals surface area contributed by atoms with E-state index in [-0.39, 0.29) is 83.5 Å². The summed E-state index contributed by atoms with van der Waals surface area (Å²) in [6.45, 7) is 0. The van der Waals surface area contributed by atoms with Crippen LogP contribution in [0.15, 0.2) is 176 Å². The van der Waals surface area contributed by atoms with Crippen LogP contribution in [0.25, 0.3) is 111 Å². The monoisotopic (exact) mass is 1150 g/mol. The van der Waals surface area contributed by atoms with E-state index in [1.807, 2.05) is 0 Å². The van der Waals surface area contributed by atoms with Gasteiger partial charge in [-0.2, -0.15) is 73.7 Å². The Balaban J connectivity index is 1.30. The summed E-state index contributed by atoms with van der Waals surface area (Å²) in [5, 5.41) is 94.2. The van der Waals surface area contributed by atoms with E-state index in [0.717, 1.165) is 12.1 Å². The van der Waals surface area contributed by atoms with Gasteiger partial charge in [-0.05, 0) is 171 Å². The van der Waals surface area contributed by atoms with Crippen LogP contribution in [-0.2, 0) is 12.4 Å². The van der Waals surface area contributed by atoms with Crippen molar-refractivity contribution in [2.75, 3.05) is 0 Å². The summed E-state index contributed by atoms with van der Waals surface area (Å²) >= 11 is 0. The van der Waals surface area contributed by atoms with Gasteiger partial charge >= 0.3 is 12.4 Å². The molecule has 0 bridgehead atoms. The highest BCUT2D eigenvalue weighted by Gasteiger charge is 2.42. The smallest absolute Gasteiger partial charge is 0.308 e. The van der Waals surface area contributed by atoms with Gasteiger partial charge in [0.2, 0.25) is 0 Å². The highest BCUT2D eigenvalue weighted by Crippen LogP contribution is 2.49. The number of aromatic nitrogens is 2. The van der Waals surface area contributed by atoms with Crippen molar-refractivity contribution in [3.63, 3.8) is 0 Å². The van der Waals surface area contributed by atoms with Gasteiger partial charge in [-0.3, -0.25) is 0 Å². The molecule has 0 saturated heterocycles. The van der Waals surface area contributed by atoms with E-state index in [1.54, 1.807) is 72.8 Å². The minimum atomic E-state index is -5.40. The fraction of sp³-hybridized carbons (Fsp3) is 0.0282. The second-order valence-electron chi connectivity index (χ2n) is 20.4. The lowest BCUT2D eigenvalue weighted by Gasteiger charge is -2.22. The summed E-state index contributed by atoms with van der Waals surface area (Å²) in [7, 11) is 0. The number of alkyl halides is 6. The number of nitriles is 9. The minimum absolute atomic E-state index is 0.132. The molecular formula is C71H29F6N11. The predicted octanol–water partition coefficient (Wildman–Crippen LogP) is 17.1. The topological polar surface area (TPSA) is 224 Å². The molecule has 12 rings (SSSR count). The third-order valence-corrected chi connectivity index (χ3v) is 15.3. The van der Waals surface area contributed by atoms with E-state index in [1.165, 1.54) is 81.9 Å². The lowest BCUT2D eigenvalue weighted by molar-refractivity contribution is -0.142. The third kappa shape index (κ3) is 9.49. The van der Waals surface area contributed by atoms with Gasteiger partial charge in [0.25, 0.3) is 0 Å². The van der Waals surface area contributed by atoms with E-state index in [2.05, 4.69) is 54.6 Å². The summed E-state index contributed by atoms with van der Waals surface area (Å²) in [5.41, 5.74) is -0.768. The van der Waals surface area contributed by atoms with Crippen LogP contribution < -0.4 is 0 Å². The first kappa shape index (κ1) is 55.3. The SMILES string of the molecule is N#Cc1cc(C#N)cc(-c2ccc3c4ccc(-c5cc(C#N)cc(C#N)c5)cc4n(-c4cc(-c5c(C(F)(F)F)cccc5C(F)(F)F)cc(-n5c6cc(-c7cc(C#N)cc(C#N)c7)ccc6c6ccc(-c7cc(C#N)cc(C#N)c7)cc65)c4C#N)c3c2)c1. The van der Waals surface area contributed by atoms with E-state index in [4.69, 9.17) is 0 Å². The molecule has 0 aliphatic rings. The van der Waals surface area contributed by atoms with Gasteiger partial charge in [-0.25, -0.2) is 0 Å². The van der Waals surface area contributed by atoms with E-state index in [9.17, 15) is 47.4 Å². The van der Waals surface area contributed by atoms with Crippen LogP contribution in [0.1, 0.15) is 61.2 Å². The third-order valence-electron chi connectivity index (χ3n) is 15.3. The lowest BCUT2D eigenvalue weighted by atomic mass is 9.91. The molecule has 88 heavy (non-hydrogen) atoms.